The summed E-state index contributed by atoms with van der Waals surface area (Å²) in [7, 11) is 0. The summed E-state index contributed by atoms with van der Waals surface area (Å²) in [5, 5.41) is 0. The summed E-state index contributed by atoms with van der Waals surface area (Å²) < 4.78 is 0. The molecule has 1 aliphatic carbocycles. The Kier molecular flexibility index (Phi) is 5.92. The highest BCUT2D eigenvalue weighted by Crippen LogP contribution is 2.41. The molecule has 6 rings (SSSR count). The number of anilines is 2. The second-order valence-corrected chi connectivity index (χ2v) is 10.2. The zero-order valence-electron chi connectivity index (χ0n) is 20.3. The van der Waals surface area contributed by atoms with E-state index in [1.165, 1.54) is 4.90 Å². The number of imide groups is 1. The molecule has 3 amide bonds. The number of hydrogen-bond donors (Lipinski definition) is 0. The molecular formula is C31H30N2O3. The zero-order chi connectivity index (χ0) is 24.6. The lowest BCUT2D eigenvalue weighted by Crippen LogP contribution is -2.51. The molecule has 3 aliphatic rings. The smallest absolute Gasteiger partial charge is 0.255 e. The Morgan fingerprint density at radius 3 is 1.78 bits per heavy atom. The molecule has 0 aromatic heterocycles. The van der Waals surface area contributed by atoms with Crippen LogP contribution in [0.5, 0.6) is 0 Å². The van der Waals surface area contributed by atoms with E-state index in [1.807, 2.05) is 66.7 Å². The molecule has 36 heavy (non-hydrogen) atoms. The van der Waals surface area contributed by atoms with Crippen LogP contribution in [0.3, 0.4) is 0 Å². The van der Waals surface area contributed by atoms with Gasteiger partial charge >= 0.3 is 0 Å². The van der Waals surface area contributed by atoms with E-state index in [0.29, 0.717) is 6.42 Å². The van der Waals surface area contributed by atoms with Gasteiger partial charge in [-0.2, -0.15) is 0 Å². The number of likely N-dealkylation sites (tertiary alicyclic amines) is 1. The normalized spacial score (nSPS) is 21.9. The van der Waals surface area contributed by atoms with Gasteiger partial charge in [0.05, 0.1) is 23.2 Å². The fourth-order valence-electron chi connectivity index (χ4n) is 6.29. The summed E-state index contributed by atoms with van der Waals surface area (Å²) in [5.74, 6) is -1.14. The van der Waals surface area contributed by atoms with Crippen molar-refractivity contribution in [3.05, 3.63) is 95.6 Å². The average Bonchev–Trinajstić information content (AvgIpc) is 3.07. The minimum absolute atomic E-state index is 0.171. The number of benzene rings is 3. The van der Waals surface area contributed by atoms with Gasteiger partial charge in [-0.3, -0.25) is 24.2 Å². The Hall–Kier alpha value is -3.73. The number of fused-ring (bicyclic) bond motifs is 3. The quantitative estimate of drug-likeness (QED) is 0.482. The minimum atomic E-state index is -0.891. The predicted octanol–water partition coefficient (Wildman–Crippen LogP) is 5.24. The molecule has 2 aliphatic heterocycles. The van der Waals surface area contributed by atoms with E-state index >= 15 is 0 Å². The third-order valence-electron chi connectivity index (χ3n) is 8.09. The van der Waals surface area contributed by atoms with E-state index in [1.54, 1.807) is 4.90 Å². The predicted molar refractivity (Wildman–Crippen MR) is 139 cm³/mol. The van der Waals surface area contributed by atoms with E-state index < -0.39 is 6.04 Å². The molecule has 0 N–H and O–H groups in total. The molecule has 3 aromatic carbocycles. The number of carbonyl (C=O) groups is 3. The van der Waals surface area contributed by atoms with Gasteiger partial charge in [-0.1, -0.05) is 79.6 Å². The van der Waals surface area contributed by atoms with Crippen LogP contribution in [0.1, 0.15) is 42.4 Å². The molecule has 1 saturated carbocycles. The van der Waals surface area contributed by atoms with Crippen molar-refractivity contribution in [1.29, 1.82) is 0 Å². The maximum Gasteiger partial charge on any atom is 0.255 e. The number of aryl methyl sites for hydroxylation is 2. The Morgan fingerprint density at radius 1 is 0.722 bits per heavy atom. The maximum absolute atomic E-state index is 14.6. The van der Waals surface area contributed by atoms with Crippen LogP contribution in [0.4, 0.5) is 11.4 Å². The van der Waals surface area contributed by atoms with Gasteiger partial charge in [0, 0.05) is 6.42 Å². The van der Waals surface area contributed by atoms with Gasteiger partial charge in [-0.05, 0) is 54.5 Å². The van der Waals surface area contributed by atoms with E-state index in [4.69, 9.17) is 0 Å². The number of amides is 3. The first-order chi connectivity index (χ1) is 17.6. The largest absolute Gasteiger partial charge is 0.279 e. The Labute approximate surface area is 211 Å². The second-order valence-electron chi connectivity index (χ2n) is 10.2. The fraction of sp³-hybridized carbons (Fsp3) is 0.323. The van der Waals surface area contributed by atoms with Crippen LogP contribution in [0.25, 0.3) is 0 Å². The van der Waals surface area contributed by atoms with Gasteiger partial charge in [0.2, 0.25) is 11.8 Å². The molecule has 2 heterocycles. The molecule has 0 spiro atoms. The van der Waals surface area contributed by atoms with Crippen molar-refractivity contribution in [3.63, 3.8) is 0 Å². The monoisotopic (exact) mass is 478 g/mol. The van der Waals surface area contributed by atoms with Crippen LogP contribution in [0.15, 0.2) is 78.9 Å². The van der Waals surface area contributed by atoms with Gasteiger partial charge in [0.1, 0.15) is 6.04 Å². The summed E-state index contributed by atoms with van der Waals surface area (Å²) in [5.41, 5.74) is 4.79. The van der Waals surface area contributed by atoms with Gasteiger partial charge in [0.15, 0.2) is 0 Å². The lowest BCUT2D eigenvalue weighted by atomic mass is 9.81. The second kappa shape index (κ2) is 9.38. The lowest BCUT2D eigenvalue weighted by Gasteiger charge is -2.33. The summed E-state index contributed by atoms with van der Waals surface area (Å²) in [6.45, 7) is 0. The summed E-state index contributed by atoms with van der Waals surface area (Å²) >= 11 is 0. The number of nitrogens with zero attached hydrogens (tertiary/aromatic N) is 2. The first kappa shape index (κ1) is 22.7. The third-order valence-corrected chi connectivity index (χ3v) is 8.09. The summed E-state index contributed by atoms with van der Waals surface area (Å²) in [6.07, 6.45) is 5.33. The van der Waals surface area contributed by atoms with E-state index in [9.17, 15) is 14.4 Å². The van der Waals surface area contributed by atoms with Crippen LogP contribution in [0, 0.1) is 11.8 Å². The highest BCUT2D eigenvalue weighted by molar-refractivity contribution is 6.12. The molecular weight excluding hydrogens is 448 g/mol. The highest BCUT2D eigenvalue weighted by atomic mass is 16.2. The molecule has 3 atom stereocenters. The molecule has 0 radical (unpaired) electrons. The standard InChI is InChI=1S/C31H30N2O3/c34-29-24-14-6-7-15-25(24)30(35)33(29)28(20-21-10-2-1-3-11-21)31(36)32-26-16-8-4-12-22(26)18-19-23-13-5-9-17-27(23)32/h1-5,8-13,16-17,24-25,28H,6-7,14-15,18-20H2/t24-,25+,28-/m0/s1. The summed E-state index contributed by atoms with van der Waals surface area (Å²) in [6, 6.07) is 24.8. The van der Waals surface area contributed by atoms with Crippen molar-refractivity contribution >= 4 is 29.1 Å². The molecule has 5 heteroatoms. The van der Waals surface area contributed by atoms with Gasteiger partial charge in [0.25, 0.3) is 5.91 Å². The number of para-hydroxylation sites is 2. The Bertz CT molecular complexity index is 1250. The SMILES string of the molecule is O=C([C@H](Cc1ccccc1)N1C(=O)[C@H]2CCCC[C@H]2C1=O)N1c2ccccc2CCc2ccccc21. The third kappa shape index (κ3) is 3.83. The van der Waals surface area contributed by atoms with Crippen molar-refractivity contribution in [2.24, 2.45) is 11.8 Å². The number of hydrogen-bond acceptors (Lipinski definition) is 3. The van der Waals surface area contributed by atoms with Crippen LogP contribution in [0.2, 0.25) is 0 Å². The van der Waals surface area contributed by atoms with Crippen LogP contribution in [-0.2, 0) is 33.6 Å². The van der Waals surface area contributed by atoms with Gasteiger partial charge < -0.3 is 0 Å². The van der Waals surface area contributed by atoms with Crippen LogP contribution >= 0.6 is 0 Å². The zero-order valence-corrected chi connectivity index (χ0v) is 20.3. The summed E-state index contributed by atoms with van der Waals surface area (Å²) in [4.78, 5) is 45.1. The minimum Gasteiger partial charge on any atom is -0.279 e. The van der Waals surface area contributed by atoms with Crippen molar-refractivity contribution in [1.82, 2.24) is 4.90 Å². The first-order valence-electron chi connectivity index (χ1n) is 13.0. The molecule has 0 unspecified atom stereocenters. The molecule has 0 bridgehead atoms. The molecule has 5 nitrogen and oxygen atoms in total. The van der Waals surface area contributed by atoms with Crippen molar-refractivity contribution < 1.29 is 14.4 Å². The van der Waals surface area contributed by atoms with Crippen molar-refractivity contribution in [2.75, 3.05) is 4.90 Å². The molecule has 1 saturated heterocycles. The van der Waals surface area contributed by atoms with Crippen molar-refractivity contribution in [2.45, 2.75) is 51.0 Å². The van der Waals surface area contributed by atoms with Gasteiger partial charge in [-0.15, -0.1) is 0 Å². The number of rotatable bonds is 4. The average molecular weight is 479 g/mol. The molecule has 2 fully saturated rings. The Morgan fingerprint density at radius 2 is 1.22 bits per heavy atom. The highest BCUT2D eigenvalue weighted by Gasteiger charge is 2.52. The fourth-order valence-corrected chi connectivity index (χ4v) is 6.29. The van der Waals surface area contributed by atoms with Gasteiger partial charge in [-0.25, -0.2) is 0 Å². The van der Waals surface area contributed by atoms with Crippen molar-refractivity contribution in [3.8, 4) is 0 Å². The van der Waals surface area contributed by atoms with E-state index in [-0.39, 0.29) is 29.6 Å². The Balaban J connectivity index is 1.47. The van der Waals surface area contributed by atoms with Crippen LogP contribution < -0.4 is 4.90 Å². The van der Waals surface area contributed by atoms with E-state index in [0.717, 1.165) is 66.6 Å². The lowest BCUT2D eigenvalue weighted by molar-refractivity contribution is -0.147. The number of carbonyl (C=O) groups excluding carboxylic acids is 3. The molecule has 182 valence electrons. The topological polar surface area (TPSA) is 57.7 Å². The van der Waals surface area contributed by atoms with Crippen LogP contribution in [-0.4, -0.2) is 28.7 Å². The van der Waals surface area contributed by atoms with E-state index in [2.05, 4.69) is 12.1 Å². The maximum atomic E-state index is 14.6. The first-order valence-corrected chi connectivity index (χ1v) is 13.0. The molecule has 3 aromatic rings.